The first-order valence-electron chi connectivity index (χ1n) is 4.11. The number of ether oxygens (including phenoxy) is 1. The largest absolute Gasteiger partial charge is 0.495 e. The maximum atomic E-state index is 13.8. The Labute approximate surface area is 99.1 Å². The van der Waals surface area contributed by atoms with Crippen molar-refractivity contribution in [1.29, 1.82) is 0 Å². The maximum absolute atomic E-state index is 13.8. The van der Waals surface area contributed by atoms with Crippen LogP contribution in [0.15, 0.2) is 22.8 Å². The van der Waals surface area contributed by atoms with Crippen molar-refractivity contribution in [3.05, 3.63) is 33.6 Å². The summed E-state index contributed by atoms with van der Waals surface area (Å²) in [4.78, 5) is 3.93. The monoisotopic (exact) mass is 289 g/mol. The molecule has 0 amide bonds. The molecule has 1 aromatic carbocycles. The zero-order valence-electron chi connectivity index (χ0n) is 7.72. The quantitative estimate of drug-likeness (QED) is 0.797. The molecule has 0 aliphatic carbocycles. The fraction of sp³-hybridized carbons (Fsp3) is 0.100. The Kier molecular flexibility index (Phi) is 2.80. The number of fused-ring (bicyclic) bond motifs is 1. The second-order valence-corrected chi connectivity index (χ2v) is 4.10. The van der Waals surface area contributed by atoms with Gasteiger partial charge in [0.2, 0.25) is 0 Å². The molecule has 2 nitrogen and oxygen atoms in total. The van der Waals surface area contributed by atoms with Gasteiger partial charge in [-0.25, -0.2) is 4.39 Å². The Morgan fingerprint density at radius 2 is 2.27 bits per heavy atom. The molecule has 1 aromatic heterocycles. The topological polar surface area (TPSA) is 22.1 Å². The zero-order chi connectivity index (χ0) is 11.0. The number of aromatic nitrogens is 1. The highest BCUT2D eigenvalue weighted by molar-refractivity contribution is 9.10. The van der Waals surface area contributed by atoms with Crippen molar-refractivity contribution >= 4 is 38.4 Å². The molecule has 0 saturated carbocycles. The number of pyridine rings is 1. The average molecular weight is 291 g/mol. The molecule has 5 heteroatoms. The summed E-state index contributed by atoms with van der Waals surface area (Å²) in [5, 5.41) is 0.987. The fourth-order valence-corrected chi connectivity index (χ4v) is 1.98. The van der Waals surface area contributed by atoms with E-state index in [0.29, 0.717) is 16.2 Å². The molecule has 78 valence electrons. The van der Waals surface area contributed by atoms with Crippen LogP contribution in [0.1, 0.15) is 0 Å². The molecular weight excluding hydrogens is 284 g/mol. The lowest BCUT2D eigenvalue weighted by Crippen LogP contribution is -1.91. The van der Waals surface area contributed by atoms with E-state index in [-0.39, 0.29) is 9.99 Å². The first-order chi connectivity index (χ1) is 7.15. The van der Waals surface area contributed by atoms with E-state index < -0.39 is 5.82 Å². The van der Waals surface area contributed by atoms with E-state index in [1.807, 2.05) is 0 Å². The van der Waals surface area contributed by atoms with Crippen LogP contribution < -0.4 is 4.74 Å². The van der Waals surface area contributed by atoms with Gasteiger partial charge < -0.3 is 4.74 Å². The molecule has 0 aliphatic heterocycles. The Morgan fingerprint density at radius 1 is 1.53 bits per heavy atom. The van der Waals surface area contributed by atoms with Crippen LogP contribution in [0.3, 0.4) is 0 Å². The minimum Gasteiger partial charge on any atom is -0.495 e. The van der Waals surface area contributed by atoms with Gasteiger partial charge in [-0.05, 0) is 28.1 Å². The fourth-order valence-electron chi connectivity index (χ4n) is 1.32. The van der Waals surface area contributed by atoms with Crippen molar-refractivity contribution in [2.24, 2.45) is 0 Å². The summed E-state index contributed by atoms with van der Waals surface area (Å²) >= 11 is 9.04. The van der Waals surface area contributed by atoms with Gasteiger partial charge in [0.1, 0.15) is 11.3 Å². The summed E-state index contributed by atoms with van der Waals surface area (Å²) in [5.41, 5.74) is 0.232. The maximum Gasteiger partial charge on any atom is 0.167 e. The van der Waals surface area contributed by atoms with Crippen LogP contribution in [-0.2, 0) is 0 Å². The van der Waals surface area contributed by atoms with Gasteiger partial charge in [0.25, 0.3) is 0 Å². The smallest absolute Gasteiger partial charge is 0.167 e. The molecule has 2 rings (SSSR count). The second-order valence-electron chi connectivity index (χ2n) is 2.90. The average Bonchev–Trinajstić information content (AvgIpc) is 2.24. The second kappa shape index (κ2) is 3.94. The van der Waals surface area contributed by atoms with Crippen LogP contribution in [0.4, 0.5) is 4.39 Å². The van der Waals surface area contributed by atoms with Gasteiger partial charge in [-0.1, -0.05) is 11.6 Å². The molecule has 0 aliphatic rings. The van der Waals surface area contributed by atoms with E-state index in [1.54, 1.807) is 12.1 Å². The Bertz CT molecular complexity index is 532. The molecule has 0 N–H and O–H groups in total. The standard InChI is InChI=1S/C10H6BrClFNO/c1-15-7-4-5-6(12)2-3-14-10(5)9(13)8(7)11/h2-4H,1H3. The molecule has 0 unspecified atom stereocenters. The van der Waals surface area contributed by atoms with Crippen LogP contribution >= 0.6 is 27.5 Å². The van der Waals surface area contributed by atoms with Crippen molar-refractivity contribution in [2.75, 3.05) is 7.11 Å². The summed E-state index contributed by atoms with van der Waals surface area (Å²) in [7, 11) is 1.47. The molecule has 0 bridgehead atoms. The highest BCUT2D eigenvalue weighted by atomic mass is 79.9. The molecule has 0 radical (unpaired) electrons. The first-order valence-corrected chi connectivity index (χ1v) is 5.28. The van der Waals surface area contributed by atoms with Crippen LogP contribution in [0, 0.1) is 5.82 Å². The number of hydrogen-bond donors (Lipinski definition) is 0. The highest BCUT2D eigenvalue weighted by Gasteiger charge is 2.14. The van der Waals surface area contributed by atoms with E-state index in [0.717, 1.165) is 0 Å². The SMILES string of the molecule is COc1cc2c(Cl)ccnc2c(F)c1Br. The summed E-state index contributed by atoms with van der Waals surface area (Å²) in [6, 6.07) is 3.26. The van der Waals surface area contributed by atoms with Crippen molar-refractivity contribution in [3.63, 3.8) is 0 Å². The number of rotatable bonds is 1. The van der Waals surface area contributed by atoms with Crippen molar-refractivity contribution in [2.45, 2.75) is 0 Å². The normalized spacial score (nSPS) is 10.7. The molecular formula is C10H6BrClFNO. The first kappa shape index (κ1) is 10.6. The Hall–Kier alpha value is -0.870. The number of benzene rings is 1. The predicted octanol–water partition coefficient (Wildman–Crippen LogP) is 3.80. The van der Waals surface area contributed by atoms with Crippen LogP contribution in [0.2, 0.25) is 5.02 Å². The Balaban J connectivity index is 2.91. The van der Waals surface area contributed by atoms with Gasteiger partial charge in [-0.3, -0.25) is 4.98 Å². The predicted molar refractivity (Wildman–Crippen MR) is 61.0 cm³/mol. The third kappa shape index (κ3) is 1.68. The van der Waals surface area contributed by atoms with Crippen molar-refractivity contribution < 1.29 is 9.13 Å². The molecule has 1 heterocycles. The molecule has 15 heavy (non-hydrogen) atoms. The van der Waals surface area contributed by atoms with Crippen LogP contribution in [0.25, 0.3) is 10.9 Å². The molecule has 0 atom stereocenters. The third-order valence-corrected chi connectivity index (χ3v) is 3.12. The zero-order valence-corrected chi connectivity index (χ0v) is 10.1. The lowest BCUT2D eigenvalue weighted by atomic mass is 10.2. The Morgan fingerprint density at radius 3 is 2.93 bits per heavy atom. The van der Waals surface area contributed by atoms with E-state index >= 15 is 0 Å². The minimum absolute atomic E-state index is 0.232. The van der Waals surface area contributed by atoms with E-state index in [4.69, 9.17) is 16.3 Å². The molecule has 0 spiro atoms. The van der Waals surface area contributed by atoms with Gasteiger partial charge in [0.05, 0.1) is 16.6 Å². The summed E-state index contributed by atoms with van der Waals surface area (Å²) in [6.45, 7) is 0. The van der Waals surface area contributed by atoms with Crippen LogP contribution in [0.5, 0.6) is 5.75 Å². The highest BCUT2D eigenvalue weighted by Crippen LogP contribution is 2.35. The summed E-state index contributed by atoms with van der Waals surface area (Å²) in [6.07, 6.45) is 1.46. The number of hydrogen-bond acceptors (Lipinski definition) is 2. The van der Waals surface area contributed by atoms with Crippen molar-refractivity contribution in [1.82, 2.24) is 4.98 Å². The number of nitrogens with zero attached hydrogens (tertiary/aromatic N) is 1. The van der Waals surface area contributed by atoms with Gasteiger partial charge in [-0.2, -0.15) is 0 Å². The van der Waals surface area contributed by atoms with E-state index in [2.05, 4.69) is 20.9 Å². The lowest BCUT2D eigenvalue weighted by molar-refractivity contribution is 0.409. The third-order valence-electron chi connectivity index (χ3n) is 2.05. The summed E-state index contributed by atoms with van der Waals surface area (Å²) in [5.74, 6) is -0.0678. The van der Waals surface area contributed by atoms with Crippen LogP contribution in [-0.4, -0.2) is 12.1 Å². The minimum atomic E-state index is -0.466. The molecule has 2 aromatic rings. The number of halogens is 3. The number of methoxy groups -OCH3 is 1. The van der Waals surface area contributed by atoms with Gasteiger partial charge in [-0.15, -0.1) is 0 Å². The van der Waals surface area contributed by atoms with E-state index in [9.17, 15) is 4.39 Å². The van der Waals surface area contributed by atoms with Gasteiger partial charge in [0.15, 0.2) is 5.82 Å². The van der Waals surface area contributed by atoms with Gasteiger partial charge >= 0.3 is 0 Å². The molecule has 0 fully saturated rings. The summed E-state index contributed by atoms with van der Waals surface area (Å²) < 4.78 is 19.1. The molecule has 0 saturated heterocycles. The van der Waals surface area contributed by atoms with Crippen molar-refractivity contribution in [3.8, 4) is 5.75 Å². The van der Waals surface area contributed by atoms with Gasteiger partial charge in [0, 0.05) is 11.6 Å². The van der Waals surface area contributed by atoms with E-state index in [1.165, 1.54) is 13.3 Å². The lowest BCUT2D eigenvalue weighted by Gasteiger charge is -2.07.